The monoisotopic (exact) mass is 447 g/mol. The van der Waals surface area contributed by atoms with E-state index in [2.05, 4.69) is 0 Å². The summed E-state index contributed by atoms with van der Waals surface area (Å²) in [6, 6.07) is 13.2. The Morgan fingerprint density at radius 3 is 2.64 bits per heavy atom. The van der Waals surface area contributed by atoms with Gasteiger partial charge >= 0.3 is 0 Å². The number of ether oxygens (including phenoxy) is 1. The maximum Gasteiger partial charge on any atom is 0.254 e. The van der Waals surface area contributed by atoms with E-state index in [9.17, 15) is 14.4 Å². The van der Waals surface area contributed by atoms with Gasteiger partial charge in [0, 0.05) is 62.6 Å². The number of benzene rings is 1. The van der Waals surface area contributed by atoms with Crippen molar-refractivity contribution in [2.75, 3.05) is 26.3 Å². The van der Waals surface area contributed by atoms with Gasteiger partial charge in [0.25, 0.3) is 11.5 Å². The Labute approximate surface area is 192 Å². The number of aromatic nitrogens is 1. The van der Waals surface area contributed by atoms with Crippen molar-refractivity contribution in [3.8, 4) is 0 Å². The summed E-state index contributed by atoms with van der Waals surface area (Å²) in [4.78, 5) is 43.3. The summed E-state index contributed by atoms with van der Waals surface area (Å²) in [6.45, 7) is 3.68. The SMILES string of the molecule is O=C(CC1(N2Cc3ccccc3C2=O)CCOCC1)N1CC2CC(C1)c1cccc(=O)n1C2. The fraction of sp³-hybridized carbons (Fsp3) is 0.500. The zero-order chi connectivity index (χ0) is 22.6. The highest BCUT2D eigenvalue weighted by Crippen LogP contribution is 2.40. The number of rotatable bonds is 3. The Morgan fingerprint density at radius 1 is 1.00 bits per heavy atom. The van der Waals surface area contributed by atoms with E-state index in [1.54, 1.807) is 6.07 Å². The number of amides is 2. The topological polar surface area (TPSA) is 71.8 Å². The van der Waals surface area contributed by atoms with E-state index < -0.39 is 5.54 Å². The molecule has 7 nitrogen and oxygen atoms in total. The van der Waals surface area contributed by atoms with Crippen LogP contribution in [0.5, 0.6) is 0 Å². The van der Waals surface area contributed by atoms with Crippen molar-refractivity contribution in [1.29, 1.82) is 0 Å². The van der Waals surface area contributed by atoms with Crippen molar-refractivity contribution in [2.24, 2.45) is 5.92 Å². The molecule has 4 aliphatic rings. The van der Waals surface area contributed by atoms with Gasteiger partial charge in [-0.05, 0) is 42.9 Å². The van der Waals surface area contributed by atoms with Crippen LogP contribution in [0.3, 0.4) is 0 Å². The summed E-state index contributed by atoms with van der Waals surface area (Å²) in [6.07, 6.45) is 2.71. The second kappa shape index (κ2) is 7.83. The molecule has 7 heteroatoms. The van der Waals surface area contributed by atoms with Crippen LogP contribution < -0.4 is 5.56 Å². The first kappa shape index (κ1) is 20.7. The molecule has 0 saturated carbocycles. The molecule has 2 unspecified atom stereocenters. The van der Waals surface area contributed by atoms with Crippen LogP contribution in [0.1, 0.15) is 53.2 Å². The second-order valence-electron chi connectivity index (χ2n) is 10.1. The smallest absolute Gasteiger partial charge is 0.254 e. The van der Waals surface area contributed by atoms with Crippen molar-refractivity contribution < 1.29 is 14.3 Å². The van der Waals surface area contributed by atoms with Crippen LogP contribution in [0, 0.1) is 5.92 Å². The van der Waals surface area contributed by atoms with Crippen LogP contribution in [0.15, 0.2) is 47.3 Å². The molecule has 0 radical (unpaired) electrons. The van der Waals surface area contributed by atoms with Crippen LogP contribution in [0.25, 0.3) is 0 Å². The van der Waals surface area contributed by atoms with Crippen molar-refractivity contribution in [1.82, 2.24) is 14.4 Å². The molecule has 2 atom stereocenters. The Bertz CT molecular complexity index is 1170. The number of nitrogens with zero attached hydrogens (tertiary/aromatic N) is 3. The second-order valence-corrected chi connectivity index (χ2v) is 10.1. The van der Waals surface area contributed by atoms with Crippen LogP contribution in [0.4, 0.5) is 0 Å². The minimum atomic E-state index is -0.507. The predicted molar refractivity (Wildman–Crippen MR) is 122 cm³/mol. The quantitative estimate of drug-likeness (QED) is 0.724. The van der Waals surface area contributed by atoms with Crippen LogP contribution in [0.2, 0.25) is 0 Å². The van der Waals surface area contributed by atoms with Gasteiger partial charge in [-0.1, -0.05) is 24.3 Å². The fourth-order valence-corrected chi connectivity index (χ4v) is 6.42. The third-order valence-corrected chi connectivity index (χ3v) is 8.13. The molecule has 172 valence electrons. The lowest BCUT2D eigenvalue weighted by atomic mass is 9.81. The zero-order valence-electron chi connectivity index (χ0n) is 18.7. The van der Waals surface area contributed by atoms with Crippen molar-refractivity contribution >= 4 is 11.8 Å². The van der Waals surface area contributed by atoms with Gasteiger partial charge in [0.15, 0.2) is 0 Å². The lowest BCUT2D eigenvalue weighted by Crippen LogP contribution is -2.56. The van der Waals surface area contributed by atoms with E-state index in [-0.39, 0.29) is 23.3 Å². The highest BCUT2D eigenvalue weighted by Gasteiger charge is 2.47. The largest absolute Gasteiger partial charge is 0.381 e. The standard InChI is InChI=1S/C26H29N3O4/c30-23-7-3-6-22-20-12-18(15-28(22)23)14-27(16-20)24(31)13-26(8-10-33-11-9-26)29-17-19-4-1-2-5-21(19)25(29)32/h1-7,18,20H,8-17H2. The summed E-state index contributed by atoms with van der Waals surface area (Å²) in [5.41, 5.74) is 2.38. The van der Waals surface area contributed by atoms with Gasteiger partial charge in [-0.2, -0.15) is 0 Å². The van der Waals surface area contributed by atoms with E-state index >= 15 is 0 Å². The maximum absolute atomic E-state index is 13.7. The number of hydrogen-bond acceptors (Lipinski definition) is 4. The number of piperidine rings is 1. The van der Waals surface area contributed by atoms with E-state index in [4.69, 9.17) is 4.74 Å². The Kier molecular flexibility index (Phi) is 4.91. The molecule has 2 saturated heterocycles. The molecule has 0 aliphatic carbocycles. The molecule has 6 rings (SSSR count). The van der Waals surface area contributed by atoms with Crippen molar-refractivity contribution in [3.63, 3.8) is 0 Å². The van der Waals surface area contributed by atoms with Crippen LogP contribution in [-0.2, 0) is 22.6 Å². The lowest BCUT2D eigenvalue weighted by molar-refractivity contribution is -0.138. The molecule has 0 N–H and O–H groups in total. The van der Waals surface area contributed by atoms with Crippen LogP contribution >= 0.6 is 0 Å². The average Bonchev–Trinajstić information content (AvgIpc) is 3.18. The van der Waals surface area contributed by atoms with Gasteiger partial charge < -0.3 is 19.1 Å². The highest BCUT2D eigenvalue weighted by atomic mass is 16.5. The lowest BCUT2D eigenvalue weighted by Gasteiger charge is -2.47. The minimum absolute atomic E-state index is 0.0316. The number of carbonyl (C=O) groups is 2. The highest BCUT2D eigenvalue weighted by molar-refractivity contribution is 5.99. The fourth-order valence-electron chi connectivity index (χ4n) is 6.42. The van der Waals surface area contributed by atoms with Crippen LogP contribution in [-0.4, -0.2) is 58.0 Å². The van der Waals surface area contributed by atoms with E-state index in [1.165, 1.54) is 0 Å². The van der Waals surface area contributed by atoms with Gasteiger partial charge in [0.1, 0.15) is 0 Å². The third kappa shape index (κ3) is 3.41. The molecule has 33 heavy (non-hydrogen) atoms. The van der Waals surface area contributed by atoms with Gasteiger partial charge in [-0.15, -0.1) is 0 Å². The Hall–Kier alpha value is -2.93. The Morgan fingerprint density at radius 2 is 1.82 bits per heavy atom. The summed E-state index contributed by atoms with van der Waals surface area (Å²) in [7, 11) is 0. The molecule has 1 aromatic carbocycles. The molecule has 5 heterocycles. The molecule has 4 aliphatic heterocycles. The van der Waals surface area contributed by atoms with E-state index in [0.29, 0.717) is 64.6 Å². The normalized spacial score (nSPS) is 25.5. The van der Waals surface area contributed by atoms with Crippen molar-refractivity contribution in [3.05, 3.63) is 69.6 Å². The summed E-state index contributed by atoms with van der Waals surface area (Å²) in [5.74, 6) is 0.633. The predicted octanol–water partition coefficient (Wildman–Crippen LogP) is 2.39. The molecule has 2 amide bonds. The molecule has 0 spiro atoms. The first-order valence-electron chi connectivity index (χ1n) is 12.0. The first-order valence-corrected chi connectivity index (χ1v) is 12.0. The third-order valence-electron chi connectivity index (χ3n) is 8.13. The summed E-state index contributed by atoms with van der Waals surface area (Å²) in [5, 5.41) is 0. The average molecular weight is 448 g/mol. The summed E-state index contributed by atoms with van der Waals surface area (Å²) >= 11 is 0. The molecule has 2 fully saturated rings. The molecule has 1 aromatic heterocycles. The Balaban J connectivity index is 1.25. The number of carbonyl (C=O) groups excluding carboxylic acids is 2. The zero-order valence-corrected chi connectivity index (χ0v) is 18.7. The van der Waals surface area contributed by atoms with Gasteiger partial charge in [-0.3, -0.25) is 14.4 Å². The van der Waals surface area contributed by atoms with E-state index in [1.807, 2.05) is 50.8 Å². The molecule has 2 bridgehead atoms. The van der Waals surface area contributed by atoms with Crippen molar-refractivity contribution in [2.45, 2.75) is 50.2 Å². The number of hydrogen-bond donors (Lipinski definition) is 0. The number of pyridine rings is 1. The number of fused-ring (bicyclic) bond motifs is 5. The maximum atomic E-state index is 13.7. The van der Waals surface area contributed by atoms with Gasteiger partial charge in [-0.25, -0.2) is 0 Å². The minimum Gasteiger partial charge on any atom is -0.381 e. The van der Waals surface area contributed by atoms with Gasteiger partial charge in [0.05, 0.1) is 12.0 Å². The molecular weight excluding hydrogens is 418 g/mol. The molecular formula is C26H29N3O4. The van der Waals surface area contributed by atoms with E-state index in [0.717, 1.165) is 23.2 Å². The summed E-state index contributed by atoms with van der Waals surface area (Å²) < 4.78 is 7.53. The van der Waals surface area contributed by atoms with Gasteiger partial charge in [0.2, 0.25) is 5.91 Å². The first-order chi connectivity index (χ1) is 16.0. The number of likely N-dealkylation sites (tertiary alicyclic amines) is 1. The molecule has 2 aromatic rings.